The molecular formula is C17H20N2O4. The average Bonchev–Trinajstić information content (AvgIpc) is 2.84. The zero-order chi connectivity index (χ0) is 17.0. The van der Waals surface area contributed by atoms with Crippen LogP contribution in [0.2, 0.25) is 0 Å². The molecule has 0 unspecified atom stereocenters. The molecular weight excluding hydrogens is 296 g/mol. The second-order valence-electron chi connectivity index (χ2n) is 5.39. The molecule has 6 heteroatoms. The summed E-state index contributed by atoms with van der Waals surface area (Å²) in [5.74, 6) is 0.137. The minimum absolute atomic E-state index is 0.339. The molecule has 1 N–H and O–H groups in total. The van der Waals surface area contributed by atoms with E-state index in [1.165, 1.54) is 0 Å². The molecule has 2 rings (SSSR count). The first-order valence-corrected chi connectivity index (χ1v) is 7.18. The molecule has 0 saturated heterocycles. The topological polar surface area (TPSA) is 71.8 Å². The molecule has 1 amide bonds. The lowest BCUT2D eigenvalue weighted by Crippen LogP contribution is -2.21. The Morgan fingerprint density at radius 1 is 1.17 bits per heavy atom. The molecule has 0 aliphatic rings. The minimum atomic E-state index is -0.572. The van der Waals surface area contributed by atoms with Crippen LogP contribution in [0.15, 0.2) is 34.7 Å². The van der Waals surface area contributed by atoms with Crippen LogP contribution in [0.4, 0.5) is 11.4 Å². The summed E-state index contributed by atoms with van der Waals surface area (Å²) in [5, 5.41) is 2.68. The summed E-state index contributed by atoms with van der Waals surface area (Å²) in [5.41, 5.74) is 2.01. The lowest BCUT2D eigenvalue weighted by atomic mass is 10.2. The van der Waals surface area contributed by atoms with Gasteiger partial charge in [0, 0.05) is 25.5 Å². The van der Waals surface area contributed by atoms with E-state index in [1.54, 1.807) is 32.0 Å². The molecule has 1 aromatic heterocycles. The van der Waals surface area contributed by atoms with Crippen LogP contribution in [0.3, 0.4) is 0 Å². The lowest BCUT2D eigenvalue weighted by molar-refractivity contribution is -0.119. The molecule has 0 saturated carbocycles. The third-order valence-electron chi connectivity index (χ3n) is 3.26. The second kappa shape index (κ2) is 7.00. The highest BCUT2D eigenvalue weighted by Crippen LogP contribution is 2.16. The Balaban J connectivity index is 1.87. The van der Waals surface area contributed by atoms with Crippen molar-refractivity contribution in [3.63, 3.8) is 0 Å². The van der Waals surface area contributed by atoms with Crippen LogP contribution >= 0.6 is 0 Å². The van der Waals surface area contributed by atoms with E-state index in [0.717, 1.165) is 5.69 Å². The Morgan fingerprint density at radius 3 is 2.35 bits per heavy atom. The van der Waals surface area contributed by atoms with Gasteiger partial charge in [-0.15, -0.1) is 0 Å². The standard InChI is InChI=1S/C17H20N2O4/c1-11-9-15(12(2)23-11)17(21)22-10-16(20)18-13-5-7-14(8-6-13)19(3)4/h5-9H,10H2,1-4H3,(H,18,20). The molecule has 2 aromatic rings. The number of furan rings is 1. The van der Waals surface area contributed by atoms with E-state index in [2.05, 4.69) is 5.32 Å². The van der Waals surface area contributed by atoms with Gasteiger partial charge in [-0.05, 0) is 44.2 Å². The van der Waals surface area contributed by atoms with Gasteiger partial charge < -0.3 is 19.4 Å². The number of anilines is 2. The Labute approximate surface area is 135 Å². The van der Waals surface area contributed by atoms with E-state index in [1.807, 2.05) is 31.1 Å². The zero-order valence-electron chi connectivity index (χ0n) is 13.7. The number of carbonyl (C=O) groups is 2. The highest BCUT2D eigenvalue weighted by molar-refractivity contribution is 5.96. The number of hydrogen-bond donors (Lipinski definition) is 1. The first-order chi connectivity index (χ1) is 10.9. The maximum atomic E-state index is 11.9. The van der Waals surface area contributed by atoms with Gasteiger partial charge in [-0.25, -0.2) is 4.79 Å². The summed E-state index contributed by atoms with van der Waals surface area (Å²) < 4.78 is 10.3. The fourth-order valence-corrected chi connectivity index (χ4v) is 2.08. The molecule has 0 atom stereocenters. The molecule has 1 heterocycles. The first-order valence-electron chi connectivity index (χ1n) is 7.18. The smallest absolute Gasteiger partial charge is 0.342 e. The van der Waals surface area contributed by atoms with Crippen molar-refractivity contribution in [2.45, 2.75) is 13.8 Å². The highest BCUT2D eigenvalue weighted by atomic mass is 16.5. The predicted molar refractivity (Wildman–Crippen MR) is 87.9 cm³/mol. The van der Waals surface area contributed by atoms with Crippen molar-refractivity contribution in [3.8, 4) is 0 Å². The number of aryl methyl sites for hydroxylation is 2. The summed E-state index contributed by atoms with van der Waals surface area (Å²) >= 11 is 0. The van der Waals surface area contributed by atoms with Crippen molar-refractivity contribution in [1.82, 2.24) is 0 Å². The molecule has 122 valence electrons. The third-order valence-corrected chi connectivity index (χ3v) is 3.26. The molecule has 0 aliphatic carbocycles. The Bertz CT molecular complexity index is 702. The lowest BCUT2D eigenvalue weighted by Gasteiger charge is -2.13. The third kappa shape index (κ3) is 4.35. The van der Waals surface area contributed by atoms with Crippen molar-refractivity contribution in [3.05, 3.63) is 47.4 Å². The van der Waals surface area contributed by atoms with Crippen molar-refractivity contribution < 1.29 is 18.7 Å². The largest absolute Gasteiger partial charge is 0.466 e. The fourth-order valence-electron chi connectivity index (χ4n) is 2.08. The van der Waals surface area contributed by atoms with Gasteiger partial charge in [-0.1, -0.05) is 0 Å². The zero-order valence-corrected chi connectivity index (χ0v) is 13.7. The van der Waals surface area contributed by atoms with Gasteiger partial charge in [0.05, 0.1) is 0 Å². The highest BCUT2D eigenvalue weighted by Gasteiger charge is 2.16. The normalized spacial score (nSPS) is 10.3. The number of esters is 1. The van der Waals surface area contributed by atoms with Crippen LogP contribution in [-0.2, 0) is 9.53 Å². The first kappa shape index (κ1) is 16.6. The van der Waals surface area contributed by atoms with Crippen LogP contribution < -0.4 is 10.2 Å². The van der Waals surface area contributed by atoms with E-state index in [0.29, 0.717) is 22.8 Å². The van der Waals surface area contributed by atoms with E-state index >= 15 is 0 Å². The number of rotatable bonds is 5. The van der Waals surface area contributed by atoms with E-state index < -0.39 is 11.9 Å². The summed E-state index contributed by atoms with van der Waals surface area (Å²) in [6.45, 7) is 3.07. The van der Waals surface area contributed by atoms with Crippen molar-refractivity contribution >= 4 is 23.3 Å². The molecule has 0 radical (unpaired) electrons. The molecule has 1 aromatic carbocycles. The number of nitrogens with one attached hydrogen (secondary N) is 1. The maximum Gasteiger partial charge on any atom is 0.342 e. The van der Waals surface area contributed by atoms with Crippen LogP contribution in [0.1, 0.15) is 21.9 Å². The van der Waals surface area contributed by atoms with E-state index in [9.17, 15) is 9.59 Å². The number of nitrogens with zero attached hydrogens (tertiary/aromatic N) is 1. The fraction of sp³-hybridized carbons (Fsp3) is 0.294. The molecule has 0 fully saturated rings. The molecule has 0 spiro atoms. The number of amides is 1. The van der Waals surface area contributed by atoms with Crippen molar-refractivity contribution in [2.75, 3.05) is 30.9 Å². The van der Waals surface area contributed by atoms with Gasteiger partial charge in [0.1, 0.15) is 17.1 Å². The summed E-state index contributed by atoms with van der Waals surface area (Å²) in [6.07, 6.45) is 0. The van der Waals surface area contributed by atoms with Crippen molar-refractivity contribution in [1.29, 1.82) is 0 Å². The van der Waals surface area contributed by atoms with Crippen LogP contribution in [-0.4, -0.2) is 32.6 Å². The average molecular weight is 316 g/mol. The monoisotopic (exact) mass is 316 g/mol. The van der Waals surface area contributed by atoms with Crippen LogP contribution in [0.25, 0.3) is 0 Å². The second-order valence-corrected chi connectivity index (χ2v) is 5.39. The van der Waals surface area contributed by atoms with E-state index in [-0.39, 0.29) is 6.61 Å². The van der Waals surface area contributed by atoms with Gasteiger partial charge >= 0.3 is 5.97 Å². The van der Waals surface area contributed by atoms with Gasteiger partial charge in [-0.3, -0.25) is 4.79 Å². The summed E-state index contributed by atoms with van der Waals surface area (Å²) in [6, 6.07) is 8.95. The van der Waals surface area contributed by atoms with E-state index in [4.69, 9.17) is 9.15 Å². The van der Waals surface area contributed by atoms with Crippen LogP contribution in [0.5, 0.6) is 0 Å². The number of ether oxygens (including phenoxy) is 1. The predicted octanol–water partition coefficient (Wildman–Crippen LogP) is 2.76. The number of hydrogen-bond acceptors (Lipinski definition) is 5. The minimum Gasteiger partial charge on any atom is -0.466 e. The Kier molecular flexibility index (Phi) is 5.05. The summed E-state index contributed by atoms with van der Waals surface area (Å²) in [7, 11) is 3.87. The van der Waals surface area contributed by atoms with Gasteiger partial charge in [0.15, 0.2) is 6.61 Å². The SMILES string of the molecule is Cc1cc(C(=O)OCC(=O)Nc2ccc(N(C)C)cc2)c(C)o1. The Morgan fingerprint density at radius 2 is 1.83 bits per heavy atom. The van der Waals surface area contributed by atoms with Crippen molar-refractivity contribution in [2.24, 2.45) is 0 Å². The van der Waals surface area contributed by atoms with Gasteiger partial charge in [0.25, 0.3) is 5.91 Å². The Hall–Kier alpha value is -2.76. The summed E-state index contributed by atoms with van der Waals surface area (Å²) in [4.78, 5) is 25.7. The molecule has 0 aliphatic heterocycles. The number of benzene rings is 1. The molecule has 23 heavy (non-hydrogen) atoms. The van der Waals surface area contributed by atoms with Gasteiger partial charge in [0.2, 0.25) is 0 Å². The number of carbonyl (C=O) groups excluding carboxylic acids is 2. The quantitative estimate of drug-likeness (QED) is 0.859. The maximum absolute atomic E-state index is 11.9. The molecule has 6 nitrogen and oxygen atoms in total. The van der Waals surface area contributed by atoms with Gasteiger partial charge in [-0.2, -0.15) is 0 Å². The van der Waals surface area contributed by atoms with Crippen LogP contribution in [0, 0.1) is 13.8 Å². The molecule has 0 bridgehead atoms.